The fourth-order valence-corrected chi connectivity index (χ4v) is 3.07. The first kappa shape index (κ1) is 24.5. The first-order valence-corrected chi connectivity index (χ1v) is 8.90. The van der Waals surface area contributed by atoms with Gasteiger partial charge in [-0.05, 0) is 20.3 Å². The van der Waals surface area contributed by atoms with Gasteiger partial charge in [0.15, 0.2) is 24.9 Å². The Morgan fingerprint density at radius 3 is 1.85 bits per heavy atom. The van der Waals surface area contributed by atoms with E-state index in [1.807, 2.05) is 0 Å². The van der Waals surface area contributed by atoms with Crippen LogP contribution in [0.2, 0.25) is 0 Å². The summed E-state index contributed by atoms with van der Waals surface area (Å²) in [6.07, 6.45) is -6.51. The second-order valence-electron chi connectivity index (χ2n) is 7.06. The molecule has 0 bridgehead atoms. The van der Waals surface area contributed by atoms with Gasteiger partial charge in [-0.15, -0.1) is 0 Å². The Balaban J connectivity index is 0.000000271. The first-order valence-electron chi connectivity index (χ1n) is 8.90. The van der Waals surface area contributed by atoms with Crippen molar-refractivity contribution in [3.8, 4) is 0 Å². The lowest BCUT2D eigenvalue weighted by atomic mass is 9.96. The number of methoxy groups -OCH3 is 2. The van der Waals surface area contributed by atoms with Crippen molar-refractivity contribution in [3.63, 3.8) is 0 Å². The molecule has 0 saturated carbocycles. The van der Waals surface area contributed by atoms with Crippen molar-refractivity contribution >= 4 is 0 Å². The number of aliphatic hydroxyl groups excluding tert-OH is 1. The van der Waals surface area contributed by atoms with Crippen LogP contribution in [-0.4, -0.2) is 86.7 Å². The summed E-state index contributed by atoms with van der Waals surface area (Å²) in [5.41, 5.74) is 22.2. The highest BCUT2D eigenvalue weighted by atomic mass is 19.2. The molecule has 0 aromatic heterocycles. The number of rotatable bonds is 4. The Morgan fingerprint density at radius 2 is 1.41 bits per heavy atom. The molecule has 2 saturated heterocycles. The summed E-state index contributed by atoms with van der Waals surface area (Å²) in [6.45, 7) is 3.34. The lowest BCUT2D eigenvalue weighted by Gasteiger charge is -2.39. The van der Waals surface area contributed by atoms with Gasteiger partial charge in [0.05, 0.1) is 18.2 Å². The topological polar surface area (TPSA) is 161 Å². The standard InChI is InChI=1S/C8H16F2N2O2.C8H18N2O3/c1-3(11)7-5(10)4(9)6(12)8(13-2)14-7;1-4(9)7-6(11)3-5(10)8(12-2)13-7/h3-8H,11-12H2,1-2H3;4-8,11H,3,9-10H2,1-2H3/t3?,4?,5?,6-,7?,8+;4?,5-,6+,7?,8+/m11/s1. The van der Waals surface area contributed by atoms with Crippen LogP contribution in [0.3, 0.4) is 0 Å². The SMILES string of the molecule is CO[C@H]1OC(C(C)N)C(F)C(F)[C@H]1N.CO[C@H]1OC(C(C)N)[C@@H](O)C[C@H]1N. The van der Waals surface area contributed by atoms with E-state index < -0.39 is 49.2 Å². The minimum absolute atomic E-state index is 0.222. The Kier molecular flexibility index (Phi) is 9.89. The number of hydrogen-bond donors (Lipinski definition) is 5. The van der Waals surface area contributed by atoms with E-state index in [0.29, 0.717) is 6.42 Å². The van der Waals surface area contributed by atoms with Gasteiger partial charge in [-0.2, -0.15) is 0 Å². The molecular formula is C16H34F2N4O5. The molecule has 9 N–H and O–H groups in total. The average molecular weight is 400 g/mol. The maximum absolute atomic E-state index is 13.3. The second-order valence-corrected chi connectivity index (χ2v) is 7.06. The number of hydrogen-bond acceptors (Lipinski definition) is 9. The number of halogens is 2. The average Bonchev–Trinajstić information content (AvgIpc) is 2.60. The maximum Gasteiger partial charge on any atom is 0.175 e. The Morgan fingerprint density at radius 1 is 0.926 bits per heavy atom. The van der Waals surface area contributed by atoms with Crippen LogP contribution in [-0.2, 0) is 18.9 Å². The quantitative estimate of drug-likeness (QED) is 0.378. The predicted molar refractivity (Wildman–Crippen MR) is 95.0 cm³/mol. The molecule has 11 atom stereocenters. The Labute approximate surface area is 158 Å². The zero-order chi connectivity index (χ0) is 20.9. The molecule has 11 heteroatoms. The molecular weight excluding hydrogens is 366 g/mol. The van der Waals surface area contributed by atoms with E-state index in [9.17, 15) is 13.9 Å². The highest BCUT2D eigenvalue weighted by molar-refractivity contribution is 4.95. The molecule has 162 valence electrons. The van der Waals surface area contributed by atoms with Crippen LogP contribution in [0.25, 0.3) is 0 Å². The van der Waals surface area contributed by atoms with Gasteiger partial charge in [-0.25, -0.2) is 8.78 Å². The predicted octanol–water partition coefficient (Wildman–Crippen LogP) is -1.51. The summed E-state index contributed by atoms with van der Waals surface area (Å²) < 4.78 is 47.0. The molecule has 0 aromatic carbocycles. The highest BCUT2D eigenvalue weighted by Gasteiger charge is 2.46. The van der Waals surface area contributed by atoms with Gasteiger partial charge in [0.1, 0.15) is 12.2 Å². The normalized spacial score (nSPS) is 44.8. The molecule has 2 aliphatic rings. The third kappa shape index (κ3) is 6.24. The molecule has 6 unspecified atom stereocenters. The van der Waals surface area contributed by atoms with Gasteiger partial charge in [-0.3, -0.25) is 0 Å². The van der Waals surface area contributed by atoms with E-state index in [4.69, 9.17) is 41.9 Å². The molecule has 0 radical (unpaired) electrons. The summed E-state index contributed by atoms with van der Waals surface area (Å²) in [6, 6.07) is -2.21. The summed E-state index contributed by atoms with van der Waals surface area (Å²) in [4.78, 5) is 0. The summed E-state index contributed by atoms with van der Waals surface area (Å²) in [7, 11) is 2.86. The lowest BCUT2D eigenvalue weighted by Crippen LogP contribution is -2.62. The molecule has 0 spiro atoms. The number of alkyl halides is 2. The van der Waals surface area contributed by atoms with E-state index in [0.717, 1.165) is 0 Å². The van der Waals surface area contributed by atoms with Crippen molar-refractivity contribution in [1.82, 2.24) is 0 Å². The molecule has 0 amide bonds. The van der Waals surface area contributed by atoms with E-state index >= 15 is 0 Å². The summed E-state index contributed by atoms with van der Waals surface area (Å²) in [5.74, 6) is 0. The van der Waals surface area contributed by atoms with Crippen LogP contribution in [0.15, 0.2) is 0 Å². The monoisotopic (exact) mass is 400 g/mol. The Hall–Kier alpha value is -0.500. The van der Waals surface area contributed by atoms with Crippen LogP contribution >= 0.6 is 0 Å². The number of aliphatic hydroxyl groups is 1. The van der Waals surface area contributed by atoms with E-state index in [-0.39, 0.29) is 18.2 Å². The van der Waals surface area contributed by atoms with Crippen molar-refractivity contribution in [2.45, 2.75) is 87.7 Å². The zero-order valence-corrected chi connectivity index (χ0v) is 16.2. The van der Waals surface area contributed by atoms with Crippen LogP contribution in [0.5, 0.6) is 0 Å². The third-order valence-electron chi connectivity index (χ3n) is 4.63. The largest absolute Gasteiger partial charge is 0.390 e. The molecule has 2 aliphatic heterocycles. The fraction of sp³-hybridized carbons (Fsp3) is 1.00. The Bertz CT molecular complexity index is 436. The minimum atomic E-state index is -1.80. The van der Waals surface area contributed by atoms with Crippen LogP contribution in [0, 0.1) is 0 Å². The van der Waals surface area contributed by atoms with Crippen LogP contribution in [0.1, 0.15) is 20.3 Å². The van der Waals surface area contributed by atoms with Gasteiger partial charge in [0, 0.05) is 26.3 Å². The van der Waals surface area contributed by atoms with Crippen LogP contribution in [0.4, 0.5) is 8.78 Å². The minimum Gasteiger partial charge on any atom is -0.390 e. The van der Waals surface area contributed by atoms with Gasteiger partial charge in [0.25, 0.3) is 0 Å². The fourth-order valence-electron chi connectivity index (χ4n) is 3.07. The van der Waals surface area contributed by atoms with Crippen molar-refractivity contribution < 1.29 is 32.8 Å². The van der Waals surface area contributed by atoms with Crippen molar-refractivity contribution in [2.24, 2.45) is 22.9 Å². The molecule has 27 heavy (non-hydrogen) atoms. The lowest BCUT2D eigenvalue weighted by molar-refractivity contribution is -0.231. The van der Waals surface area contributed by atoms with Crippen molar-refractivity contribution in [1.29, 1.82) is 0 Å². The van der Waals surface area contributed by atoms with Gasteiger partial charge in [-0.1, -0.05) is 0 Å². The van der Waals surface area contributed by atoms with Crippen LogP contribution < -0.4 is 22.9 Å². The number of nitrogens with two attached hydrogens (primary N) is 4. The van der Waals surface area contributed by atoms with E-state index in [1.165, 1.54) is 14.2 Å². The molecule has 0 aliphatic carbocycles. The van der Waals surface area contributed by atoms with Crippen molar-refractivity contribution in [2.75, 3.05) is 14.2 Å². The second kappa shape index (κ2) is 10.9. The van der Waals surface area contributed by atoms with Crippen molar-refractivity contribution in [3.05, 3.63) is 0 Å². The molecule has 2 fully saturated rings. The van der Waals surface area contributed by atoms with E-state index in [2.05, 4.69) is 0 Å². The van der Waals surface area contributed by atoms with Gasteiger partial charge >= 0.3 is 0 Å². The summed E-state index contributed by atoms with van der Waals surface area (Å²) >= 11 is 0. The zero-order valence-electron chi connectivity index (χ0n) is 16.2. The molecule has 9 nitrogen and oxygen atoms in total. The number of ether oxygens (including phenoxy) is 4. The van der Waals surface area contributed by atoms with Gasteiger partial charge in [0.2, 0.25) is 0 Å². The smallest absolute Gasteiger partial charge is 0.175 e. The first-order chi connectivity index (χ1) is 12.5. The molecule has 0 aromatic rings. The maximum atomic E-state index is 13.3. The molecule has 2 heterocycles. The highest BCUT2D eigenvalue weighted by Crippen LogP contribution is 2.26. The van der Waals surface area contributed by atoms with E-state index in [1.54, 1.807) is 13.8 Å². The third-order valence-corrected chi connectivity index (χ3v) is 4.63. The summed E-state index contributed by atoms with van der Waals surface area (Å²) in [5, 5.41) is 9.58. The molecule has 2 rings (SSSR count). The van der Waals surface area contributed by atoms with Gasteiger partial charge < -0.3 is 47.0 Å².